The van der Waals surface area contributed by atoms with Crippen LogP contribution in [0, 0.1) is 0 Å². The zero-order valence-electron chi connectivity index (χ0n) is 12.5. The van der Waals surface area contributed by atoms with Gasteiger partial charge >= 0.3 is 5.97 Å². The van der Waals surface area contributed by atoms with Gasteiger partial charge in [0.15, 0.2) is 0 Å². The van der Waals surface area contributed by atoms with Gasteiger partial charge < -0.3 is 14.2 Å². The number of carbonyl (C=O) groups excluding carboxylic acids is 2. The van der Waals surface area contributed by atoms with E-state index in [1.807, 2.05) is 18.3 Å². The summed E-state index contributed by atoms with van der Waals surface area (Å²) in [7, 11) is 1.39. The van der Waals surface area contributed by atoms with E-state index in [-0.39, 0.29) is 11.9 Å². The van der Waals surface area contributed by atoms with E-state index in [0.29, 0.717) is 24.7 Å². The molecule has 114 valence electrons. The lowest BCUT2D eigenvalue weighted by atomic mass is 9.92. The van der Waals surface area contributed by atoms with E-state index >= 15 is 0 Å². The average molecular weight is 290 g/mol. The van der Waals surface area contributed by atoms with Crippen molar-refractivity contribution in [2.24, 2.45) is 0 Å². The van der Waals surface area contributed by atoms with Gasteiger partial charge in [0.2, 0.25) is 0 Å². The van der Waals surface area contributed by atoms with Crippen LogP contribution in [0.2, 0.25) is 0 Å². The Labute approximate surface area is 124 Å². The number of hydrogen-bond acceptors (Lipinski definition) is 3. The molecule has 2 heterocycles. The first-order valence-electron chi connectivity index (χ1n) is 7.78. The van der Waals surface area contributed by atoms with Gasteiger partial charge in [0.25, 0.3) is 5.91 Å². The van der Waals surface area contributed by atoms with Crippen LogP contribution in [0.15, 0.2) is 18.3 Å². The summed E-state index contributed by atoms with van der Waals surface area (Å²) in [6.45, 7) is 0.633. The molecule has 2 fully saturated rings. The number of carbonyl (C=O) groups is 2. The first-order valence-corrected chi connectivity index (χ1v) is 7.78. The molecular formula is C16H22N2O3. The molecule has 21 heavy (non-hydrogen) atoms. The van der Waals surface area contributed by atoms with Gasteiger partial charge in [0.1, 0.15) is 11.7 Å². The van der Waals surface area contributed by atoms with Crippen molar-refractivity contribution >= 4 is 11.9 Å². The first-order chi connectivity index (χ1) is 10.2. The van der Waals surface area contributed by atoms with Gasteiger partial charge in [0.05, 0.1) is 7.11 Å². The summed E-state index contributed by atoms with van der Waals surface area (Å²) in [5.41, 5.74) is 0.704. The number of aromatic nitrogens is 1. The second kappa shape index (κ2) is 5.92. The van der Waals surface area contributed by atoms with Gasteiger partial charge in [-0.3, -0.25) is 4.79 Å². The predicted octanol–water partition coefficient (Wildman–Crippen LogP) is 2.38. The van der Waals surface area contributed by atoms with Crippen LogP contribution in [0.25, 0.3) is 0 Å². The van der Waals surface area contributed by atoms with Crippen LogP contribution in [0.5, 0.6) is 0 Å². The fourth-order valence-corrected chi connectivity index (χ4v) is 3.26. The van der Waals surface area contributed by atoms with E-state index in [2.05, 4.69) is 4.57 Å². The van der Waals surface area contributed by atoms with Gasteiger partial charge in [-0.05, 0) is 50.7 Å². The van der Waals surface area contributed by atoms with Crippen molar-refractivity contribution in [1.82, 2.24) is 9.47 Å². The zero-order valence-corrected chi connectivity index (χ0v) is 12.5. The molecule has 0 unspecified atom stereocenters. The maximum Gasteiger partial charge on any atom is 0.328 e. The van der Waals surface area contributed by atoms with Crippen LogP contribution in [0.1, 0.15) is 55.1 Å². The number of esters is 1. The Bertz CT molecular complexity index is 533. The Kier molecular flexibility index (Phi) is 3.99. The maximum atomic E-state index is 12.9. The van der Waals surface area contributed by atoms with Crippen molar-refractivity contribution in [1.29, 1.82) is 0 Å². The van der Waals surface area contributed by atoms with Crippen LogP contribution < -0.4 is 0 Å². The molecule has 0 aromatic carbocycles. The van der Waals surface area contributed by atoms with Gasteiger partial charge in [-0.25, -0.2) is 4.79 Å². The lowest BCUT2D eigenvalue weighted by molar-refractivity contribution is -0.147. The number of piperidine rings is 1. The number of nitrogens with zero attached hydrogens (tertiary/aromatic N) is 2. The molecule has 1 aliphatic heterocycles. The molecule has 1 amide bonds. The smallest absolute Gasteiger partial charge is 0.328 e. The normalized spacial score (nSPS) is 22.7. The van der Waals surface area contributed by atoms with E-state index in [0.717, 1.165) is 25.7 Å². The van der Waals surface area contributed by atoms with Crippen molar-refractivity contribution in [3.05, 3.63) is 24.0 Å². The molecule has 0 bridgehead atoms. The van der Waals surface area contributed by atoms with Crippen LogP contribution in [0.4, 0.5) is 0 Å². The zero-order chi connectivity index (χ0) is 14.8. The van der Waals surface area contributed by atoms with Crippen LogP contribution in [-0.4, -0.2) is 41.0 Å². The predicted molar refractivity (Wildman–Crippen MR) is 78.0 cm³/mol. The van der Waals surface area contributed by atoms with E-state index in [1.165, 1.54) is 13.5 Å². The van der Waals surface area contributed by atoms with Gasteiger partial charge in [-0.15, -0.1) is 0 Å². The molecule has 0 spiro atoms. The number of methoxy groups -OCH3 is 1. The maximum absolute atomic E-state index is 12.9. The molecule has 1 saturated carbocycles. The third-order valence-corrected chi connectivity index (χ3v) is 4.70. The van der Waals surface area contributed by atoms with Gasteiger partial charge in [-0.2, -0.15) is 0 Å². The number of amides is 1. The minimum absolute atomic E-state index is 0.0398. The van der Waals surface area contributed by atoms with Gasteiger partial charge in [-0.1, -0.05) is 0 Å². The lowest BCUT2D eigenvalue weighted by Crippen LogP contribution is -2.49. The quantitative estimate of drug-likeness (QED) is 0.803. The molecule has 1 aromatic rings. The summed E-state index contributed by atoms with van der Waals surface area (Å²) in [5.74, 6) is -0.341. The molecule has 1 aliphatic carbocycles. The van der Waals surface area contributed by atoms with Crippen molar-refractivity contribution in [3.8, 4) is 0 Å². The average Bonchev–Trinajstić information content (AvgIpc) is 2.93. The SMILES string of the molecule is COC(=O)[C@H]1CCCCN1C(=O)c1cccn1C1CCC1. The molecule has 1 saturated heterocycles. The fourth-order valence-electron chi connectivity index (χ4n) is 3.26. The highest BCUT2D eigenvalue weighted by molar-refractivity contribution is 5.95. The molecule has 3 rings (SSSR count). The van der Waals surface area contributed by atoms with E-state index in [1.54, 1.807) is 4.90 Å². The number of rotatable bonds is 3. The number of hydrogen-bond donors (Lipinski definition) is 0. The Morgan fingerprint density at radius 1 is 1.19 bits per heavy atom. The van der Waals surface area contributed by atoms with Crippen LogP contribution >= 0.6 is 0 Å². The molecule has 5 nitrogen and oxygen atoms in total. The lowest BCUT2D eigenvalue weighted by Gasteiger charge is -2.35. The highest BCUT2D eigenvalue weighted by Gasteiger charge is 2.35. The molecular weight excluding hydrogens is 268 g/mol. The topological polar surface area (TPSA) is 51.5 Å². The number of likely N-dealkylation sites (tertiary alicyclic amines) is 1. The van der Waals surface area contributed by atoms with Crippen molar-refractivity contribution in [3.63, 3.8) is 0 Å². The molecule has 2 aliphatic rings. The number of ether oxygens (including phenoxy) is 1. The summed E-state index contributed by atoms with van der Waals surface area (Å²) >= 11 is 0. The fraction of sp³-hybridized carbons (Fsp3) is 0.625. The highest BCUT2D eigenvalue weighted by atomic mass is 16.5. The third kappa shape index (κ3) is 2.57. The summed E-state index contributed by atoms with van der Waals surface area (Å²) in [5, 5.41) is 0. The summed E-state index contributed by atoms with van der Waals surface area (Å²) < 4.78 is 6.94. The Morgan fingerprint density at radius 2 is 2.00 bits per heavy atom. The second-order valence-corrected chi connectivity index (χ2v) is 5.92. The van der Waals surface area contributed by atoms with Gasteiger partial charge in [0, 0.05) is 18.8 Å². The molecule has 1 atom stereocenters. The molecule has 0 radical (unpaired) electrons. The molecule has 0 N–H and O–H groups in total. The third-order valence-electron chi connectivity index (χ3n) is 4.70. The van der Waals surface area contributed by atoms with Crippen molar-refractivity contribution in [2.45, 2.75) is 50.6 Å². The van der Waals surface area contributed by atoms with Crippen molar-refractivity contribution in [2.75, 3.05) is 13.7 Å². The van der Waals surface area contributed by atoms with E-state index in [9.17, 15) is 9.59 Å². The Balaban J connectivity index is 1.82. The minimum atomic E-state index is -0.430. The van der Waals surface area contributed by atoms with Crippen molar-refractivity contribution < 1.29 is 14.3 Å². The molecule has 5 heteroatoms. The van der Waals surface area contributed by atoms with E-state index in [4.69, 9.17) is 4.74 Å². The standard InChI is InChI=1S/C16H22N2O3/c1-21-16(20)14-8-2-3-10-18(14)15(19)13-9-5-11-17(13)12-6-4-7-12/h5,9,11-12,14H,2-4,6-8,10H2,1H3/t14-/m1/s1. The Morgan fingerprint density at radius 3 is 2.67 bits per heavy atom. The summed E-state index contributed by atoms with van der Waals surface area (Å²) in [4.78, 5) is 26.5. The highest BCUT2D eigenvalue weighted by Crippen LogP contribution is 2.33. The summed E-state index contributed by atoms with van der Waals surface area (Å²) in [6, 6.07) is 3.80. The Hall–Kier alpha value is -1.78. The van der Waals surface area contributed by atoms with Crippen LogP contribution in [0.3, 0.4) is 0 Å². The first kappa shape index (κ1) is 14.2. The summed E-state index contributed by atoms with van der Waals surface area (Å²) in [6.07, 6.45) is 8.09. The van der Waals surface area contributed by atoms with Crippen LogP contribution in [-0.2, 0) is 9.53 Å². The monoisotopic (exact) mass is 290 g/mol. The molecule has 1 aromatic heterocycles. The minimum Gasteiger partial charge on any atom is -0.467 e. The second-order valence-electron chi connectivity index (χ2n) is 5.92. The van der Waals surface area contributed by atoms with E-state index < -0.39 is 6.04 Å². The largest absolute Gasteiger partial charge is 0.467 e.